The van der Waals surface area contributed by atoms with E-state index in [-0.39, 0.29) is 0 Å². The third-order valence-electron chi connectivity index (χ3n) is 5.08. The lowest BCUT2D eigenvalue weighted by Crippen LogP contribution is -2.32. The highest BCUT2D eigenvalue weighted by molar-refractivity contribution is 5.96. The fourth-order valence-corrected chi connectivity index (χ4v) is 3.34. The molecule has 0 radical (unpaired) electrons. The third-order valence-corrected chi connectivity index (χ3v) is 5.08. The van der Waals surface area contributed by atoms with Gasteiger partial charge in [-0.2, -0.15) is 5.10 Å². The number of ether oxygens (including phenoxy) is 2. The number of H-pyrrole nitrogens is 2. The number of aromatic amines is 2. The summed E-state index contributed by atoms with van der Waals surface area (Å²) in [6.45, 7) is 4.53. The van der Waals surface area contributed by atoms with Crippen LogP contribution in [0.25, 0.3) is 10.9 Å². The Kier molecular flexibility index (Phi) is 5.08. The number of aryl methyl sites for hydroxylation is 2. The van der Waals surface area contributed by atoms with E-state index in [4.69, 9.17) is 14.5 Å². The van der Waals surface area contributed by atoms with Gasteiger partial charge in [-0.1, -0.05) is 12.1 Å². The largest absolute Gasteiger partial charge is 0.489 e. The number of rotatable bonds is 5. The van der Waals surface area contributed by atoms with Crippen molar-refractivity contribution in [2.24, 2.45) is 12.0 Å². The number of nitrogens with zero attached hydrogens (tertiary/aromatic N) is 2. The molecule has 4 rings (SSSR count). The van der Waals surface area contributed by atoms with E-state index in [1.54, 1.807) is 7.11 Å². The summed E-state index contributed by atoms with van der Waals surface area (Å²) in [6, 6.07) is 16.2. The summed E-state index contributed by atoms with van der Waals surface area (Å²) < 4.78 is 13.4. The highest BCUT2D eigenvalue weighted by Gasteiger charge is 2.17. The number of aromatic nitrogens is 3. The maximum atomic E-state index is 5.94. The van der Waals surface area contributed by atoms with Crippen LogP contribution in [0.5, 0.6) is 5.75 Å². The van der Waals surface area contributed by atoms with E-state index in [1.807, 2.05) is 74.2 Å². The molecule has 6 heteroatoms. The SMILES string of the molecule is COC(=Nc1c(C)[nH][n+](C)c1C)c1ccc(COc2ccc3cc[nH]c3c2)cc1. The zero-order valence-electron chi connectivity index (χ0n) is 17.1. The minimum Gasteiger partial charge on any atom is -0.489 e. The van der Waals surface area contributed by atoms with Gasteiger partial charge < -0.3 is 14.5 Å². The molecule has 148 valence electrons. The molecule has 0 bridgehead atoms. The van der Waals surface area contributed by atoms with Crippen molar-refractivity contribution in [2.45, 2.75) is 20.5 Å². The highest BCUT2D eigenvalue weighted by Crippen LogP contribution is 2.22. The second kappa shape index (κ2) is 7.83. The number of hydrogen-bond acceptors (Lipinski definition) is 3. The van der Waals surface area contributed by atoms with Crippen molar-refractivity contribution in [3.8, 4) is 5.75 Å². The average Bonchev–Trinajstić information content (AvgIpc) is 3.29. The van der Waals surface area contributed by atoms with Gasteiger partial charge in [0.25, 0.3) is 0 Å². The number of hydrogen-bond donors (Lipinski definition) is 2. The Morgan fingerprint density at radius 2 is 1.86 bits per heavy atom. The van der Waals surface area contributed by atoms with Crippen molar-refractivity contribution in [3.63, 3.8) is 0 Å². The van der Waals surface area contributed by atoms with Gasteiger partial charge in [-0.15, -0.1) is 4.68 Å². The van der Waals surface area contributed by atoms with E-state index in [2.05, 4.69) is 16.1 Å². The lowest BCUT2D eigenvalue weighted by Gasteiger charge is -2.08. The fraction of sp³-hybridized carbons (Fsp3) is 0.217. The van der Waals surface area contributed by atoms with E-state index in [0.29, 0.717) is 12.5 Å². The van der Waals surface area contributed by atoms with Crippen LogP contribution >= 0.6 is 0 Å². The minimum atomic E-state index is 0.498. The Morgan fingerprint density at radius 1 is 1.07 bits per heavy atom. The van der Waals surface area contributed by atoms with Crippen molar-refractivity contribution < 1.29 is 14.2 Å². The second-order valence-corrected chi connectivity index (χ2v) is 7.06. The Bertz CT molecular complexity index is 1170. The maximum Gasteiger partial charge on any atom is 0.230 e. The van der Waals surface area contributed by atoms with Gasteiger partial charge in [0.15, 0.2) is 12.7 Å². The standard InChI is InChI=1S/C23H24N4O2/c1-15-22(16(2)27(3)26-15)25-23(28-4)19-7-5-17(6-8-19)14-29-20-10-9-18-11-12-24-21(18)13-20/h5-13,24H,14H2,1-4H3/p+1. The lowest BCUT2D eigenvalue weighted by molar-refractivity contribution is -0.732. The first-order chi connectivity index (χ1) is 14.0. The predicted octanol–water partition coefficient (Wildman–Crippen LogP) is 4.24. The molecule has 0 unspecified atom stereocenters. The molecule has 0 atom stereocenters. The number of aliphatic imine (C=N–C) groups is 1. The Balaban J connectivity index is 1.49. The van der Waals surface area contributed by atoms with Crippen LogP contribution in [0.4, 0.5) is 5.69 Å². The molecule has 0 aliphatic carbocycles. The van der Waals surface area contributed by atoms with Gasteiger partial charge in [0.1, 0.15) is 18.1 Å². The first-order valence-corrected chi connectivity index (χ1v) is 9.52. The van der Waals surface area contributed by atoms with Crippen LogP contribution in [0.15, 0.2) is 59.7 Å². The monoisotopic (exact) mass is 389 g/mol. The average molecular weight is 389 g/mol. The van der Waals surface area contributed by atoms with Crippen LogP contribution in [0.1, 0.15) is 22.5 Å². The van der Waals surface area contributed by atoms with Crippen LogP contribution in [-0.2, 0) is 18.4 Å². The summed E-state index contributed by atoms with van der Waals surface area (Å²) >= 11 is 0. The lowest BCUT2D eigenvalue weighted by atomic mass is 10.1. The van der Waals surface area contributed by atoms with E-state index >= 15 is 0 Å². The van der Waals surface area contributed by atoms with Gasteiger partial charge in [0, 0.05) is 30.3 Å². The molecule has 2 heterocycles. The summed E-state index contributed by atoms with van der Waals surface area (Å²) in [4.78, 5) is 7.92. The molecule has 6 nitrogen and oxygen atoms in total. The number of fused-ring (bicyclic) bond motifs is 1. The molecular weight excluding hydrogens is 364 g/mol. The van der Waals surface area contributed by atoms with Crippen LogP contribution in [-0.4, -0.2) is 23.1 Å². The Labute approximate surface area is 169 Å². The zero-order chi connectivity index (χ0) is 20.4. The maximum absolute atomic E-state index is 5.94. The summed E-state index contributed by atoms with van der Waals surface area (Å²) in [5.41, 5.74) is 6.03. The van der Waals surface area contributed by atoms with Crippen molar-refractivity contribution in [1.29, 1.82) is 0 Å². The molecule has 2 N–H and O–H groups in total. The van der Waals surface area contributed by atoms with Gasteiger partial charge in [-0.25, -0.2) is 4.99 Å². The minimum absolute atomic E-state index is 0.498. The van der Waals surface area contributed by atoms with Gasteiger partial charge in [0.2, 0.25) is 11.6 Å². The molecule has 2 aromatic heterocycles. The second-order valence-electron chi connectivity index (χ2n) is 7.06. The summed E-state index contributed by atoms with van der Waals surface area (Å²) in [7, 11) is 3.61. The van der Waals surface area contributed by atoms with Crippen molar-refractivity contribution in [2.75, 3.05) is 7.11 Å². The first-order valence-electron chi connectivity index (χ1n) is 9.52. The number of nitrogens with one attached hydrogen (secondary N) is 2. The normalized spacial score (nSPS) is 11.8. The molecule has 29 heavy (non-hydrogen) atoms. The molecule has 4 aromatic rings. The van der Waals surface area contributed by atoms with E-state index in [1.165, 1.54) is 5.39 Å². The quantitative estimate of drug-likeness (QED) is 0.305. The molecule has 2 aromatic carbocycles. The molecule has 0 amide bonds. The molecule has 0 spiro atoms. The molecule has 0 aliphatic rings. The Morgan fingerprint density at radius 3 is 2.55 bits per heavy atom. The summed E-state index contributed by atoms with van der Waals surface area (Å²) in [5, 5.41) is 4.42. The zero-order valence-corrected chi connectivity index (χ0v) is 17.1. The summed E-state index contributed by atoms with van der Waals surface area (Å²) in [5.74, 6) is 1.43. The van der Waals surface area contributed by atoms with Gasteiger partial charge in [-0.05, 0) is 48.2 Å². The van der Waals surface area contributed by atoms with Gasteiger partial charge >= 0.3 is 0 Å². The van der Waals surface area contributed by atoms with Gasteiger partial charge in [-0.3, -0.25) is 0 Å². The fourth-order valence-electron chi connectivity index (χ4n) is 3.34. The first kappa shape index (κ1) is 18.8. The Hall–Kier alpha value is -3.54. The van der Waals surface area contributed by atoms with Crippen LogP contribution < -0.4 is 9.42 Å². The number of methoxy groups -OCH3 is 1. The van der Waals surface area contributed by atoms with Crippen LogP contribution in [0.3, 0.4) is 0 Å². The van der Waals surface area contributed by atoms with Crippen molar-refractivity contribution in [1.82, 2.24) is 10.1 Å². The van der Waals surface area contributed by atoms with Gasteiger partial charge in [0.05, 0.1) is 7.11 Å². The molecule has 0 fully saturated rings. The number of benzene rings is 2. The van der Waals surface area contributed by atoms with Crippen molar-refractivity contribution >= 4 is 22.5 Å². The molecule has 0 saturated heterocycles. The third kappa shape index (κ3) is 3.87. The molecular formula is C23H25N4O2+. The summed E-state index contributed by atoms with van der Waals surface area (Å²) in [6.07, 6.45) is 1.93. The van der Waals surface area contributed by atoms with Crippen molar-refractivity contribution in [3.05, 3.63) is 77.2 Å². The smallest absolute Gasteiger partial charge is 0.230 e. The van der Waals surface area contributed by atoms with E-state index < -0.39 is 0 Å². The molecule has 0 saturated carbocycles. The van der Waals surface area contributed by atoms with E-state index in [9.17, 15) is 0 Å². The molecule has 0 aliphatic heterocycles. The highest BCUT2D eigenvalue weighted by atomic mass is 16.5. The van der Waals surface area contributed by atoms with E-state index in [0.717, 1.165) is 39.5 Å². The van der Waals surface area contributed by atoms with Crippen LogP contribution in [0, 0.1) is 13.8 Å². The topological polar surface area (TPSA) is 66.3 Å². The van der Waals surface area contributed by atoms with Crippen LogP contribution in [0.2, 0.25) is 0 Å². The predicted molar refractivity (Wildman–Crippen MR) is 114 cm³/mol.